The van der Waals surface area contributed by atoms with Crippen LogP contribution in [0, 0.1) is 0 Å². The Morgan fingerprint density at radius 1 is 1.30 bits per heavy atom. The summed E-state index contributed by atoms with van der Waals surface area (Å²) >= 11 is 2.88. The molecule has 0 radical (unpaired) electrons. The Morgan fingerprint density at radius 3 is 2.74 bits per heavy atom. The molecule has 5 nitrogen and oxygen atoms in total. The van der Waals surface area contributed by atoms with Crippen LogP contribution in [-0.2, 0) is 6.54 Å². The quantitative estimate of drug-likeness (QED) is 0.659. The molecule has 0 unspecified atom stereocenters. The smallest absolute Gasteiger partial charge is 0.362 e. The van der Waals surface area contributed by atoms with E-state index in [4.69, 9.17) is 0 Å². The Labute approximate surface area is 160 Å². The first kappa shape index (κ1) is 18.1. The molecule has 1 aliphatic rings. The number of carbonyl (C=O) groups is 1. The number of thiophene rings is 2. The number of anilines is 1. The summed E-state index contributed by atoms with van der Waals surface area (Å²) in [5.74, 6) is -0.351. The maximum atomic E-state index is 13.6. The summed E-state index contributed by atoms with van der Waals surface area (Å²) in [6.07, 6.45) is -3.43. The van der Waals surface area contributed by atoms with Crippen LogP contribution in [0.5, 0.6) is 0 Å². The van der Waals surface area contributed by atoms with Crippen LogP contribution in [0.4, 0.5) is 19.0 Å². The summed E-state index contributed by atoms with van der Waals surface area (Å²) in [5.41, 5.74) is 0.113. The van der Waals surface area contributed by atoms with Crippen LogP contribution in [0.2, 0.25) is 0 Å². The van der Waals surface area contributed by atoms with Crippen molar-refractivity contribution >= 4 is 34.4 Å². The lowest BCUT2D eigenvalue weighted by Gasteiger charge is -2.33. The molecule has 0 aliphatic carbocycles. The monoisotopic (exact) mass is 412 g/mol. The van der Waals surface area contributed by atoms with Crippen molar-refractivity contribution in [1.82, 2.24) is 15.1 Å². The normalized spacial score (nSPS) is 19.4. The minimum atomic E-state index is -4.46. The fourth-order valence-corrected chi connectivity index (χ4v) is 4.52. The van der Waals surface area contributed by atoms with Gasteiger partial charge in [0, 0.05) is 16.2 Å². The van der Waals surface area contributed by atoms with Crippen LogP contribution in [0.3, 0.4) is 0 Å². The van der Waals surface area contributed by atoms with E-state index in [0.29, 0.717) is 6.54 Å². The fourth-order valence-electron chi connectivity index (χ4n) is 3.08. The molecule has 0 saturated heterocycles. The second-order valence-electron chi connectivity index (χ2n) is 6.12. The predicted octanol–water partition coefficient (Wildman–Crippen LogP) is 4.60. The number of alkyl halides is 3. The highest BCUT2D eigenvalue weighted by Gasteiger charge is 2.47. The number of rotatable bonds is 4. The third-order valence-electron chi connectivity index (χ3n) is 4.37. The van der Waals surface area contributed by atoms with Crippen molar-refractivity contribution in [2.45, 2.75) is 31.2 Å². The van der Waals surface area contributed by atoms with Gasteiger partial charge in [0.25, 0.3) is 5.91 Å². The van der Waals surface area contributed by atoms with Crippen LogP contribution >= 0.6 is 22.7 Å². The van der Waals surface area contributed by atoms with Crippen LogP contribution in [0.1, 0.15) is 38.6 Å². The maximum Gasteiger partial charge on any atom is 0.410 e. The molecule has 1 aliphatic heterocycles. The Bertz CT molecular complexity index is 919. The Hall–Kier alpha value is -2.33. The second-order valence-corrected chi connectivity index (χ2v) is 8.13. The van der Waals surface area contributed by atoms with Gasteiger partial charge in [-0.25, -0.2) is 4.68 Å². The van der Waals surface area contributed by atoms with E-state index >= 15 is 0 Å². The van der Waals surface area contributed by atoms with E-state index in [1.165, 1.54) is 28.9 Å². The number of fused-ring (bicyclic) bond motifs is 1. The molecule has 0 fully saturated rings. The fraction of sp³-hybridized carbons (Fsp3) is 0.294. The lowest BCUT2D eigenvalue weighted by Crippen LogP contribution is -2.36. The highest BCUT2D eigenvalue weighted by molar-refractivity contribution is 7.10. The zero-order valence-electron chi connectivity index (χ0n) is 13.9. The number of nitrogens with zero attached hydrogens (tertiary/aromatic N) is 2. The van der Waals surface area contributed by atoms with Gasteiger partial charge in [0.2, 0.25) is 0 Å². The second kappa shape index (κ2) is 7.01. The van der Waals surface area contributed by atoms with Crippen molar-refractivity contribution in [2.24, 2.45) is 0 Å². The topological polar surface area (TPSA) is 59.0 Å². The van der Waals surface area contributed by atoms with Crippen molar-refractivity contribution in [3.8, 4) is 0 Å². The number of aromatic nitrogens is 2. The zero-order valence-corrected chi connectivity index (χ0v) is 15.5. The number of amides is 1. The molecule has 4 heterocycles. The Balaban J connectivity index is 1.63. The number of nitrogens with one attached hydrogen (secondary N) is 2. The van der Waals surface area contributed by atoms with Gasteiger partial charge in [0.05, 0.1) is 18.8 Å². The van der Waals surface area contributed by atoms with Crippen molar-refractivity contribution in [1.29, 1.82) is 0 Å². The average molecular weight is 412 g/mol. The SMILES string of the molecule is O=C(NCc1cccs1)c1cnn2c1N[C@@H](c1cccs1)C[C@H]2C(F)(F)F. The van der Waals surface area contributed by atoms with E-state index in [2.05, 4.69) is 15.7 Å². The molecule has 142 valence electrons. The molecule has 3 aromatic heterocycles. The van der Waals surface area contributed by atoms with Gasteiger partial charge in [-0.2, -0.15) is 18.3 Å². The molecular formula is C17H15F3N4OS2. The molecule has 1 amide bonds. The first-order valence-corrected chi connectivity index (χ1v) is 9.94. The van der Waals surface area contributed by atoms with Crippen molar-refractivity contribution in [2.75, 3.05) is 5.32 Å². The minimum Gasteiger partial charge on any atom is -0.362 e. The van der Waals surface area contributed by atoms with Gasteiger partial charge in [-0.05, 0) is 22.9 Å². The predicted molar refractivity (Wildman–Crippen MR) is 98.1 cm³/mol. The highest BCUT2D eigenvalue weighted by atomic mass is 32.1. The molecule has 27 heavy (non-hydrogen) atoms. The molecule has 10 heteroatoms. The standard InChI is InChI=1S/C17H15F3N4OS2/c18-17(19,20)14-7-12(13-4-2-6-27-13)23-15-11(9-22-24(14)15)16(25)21-8-10-3-1-5-26-10/h1-6,9,12,14,23H,7-8H2,(H,21,25)/t12-,14+/m1/s1. The zero-order chi connectivity index (χ0) is 19.0. The lowest BCUT2D eigenvalue weighted by atomic mass is 10.0. The average Bonchev–Trinajstić information content (AvgIpc) is 3.39. The number of carbonyl (C=O) groups excluding carboxylic acids is 1. The summed E-state index contributed by atoms with van der Waals surface area (Å²) in [6.45, 7) is 0.318. The van der Waals surface area contributed by atoms with E-state index < -0.39 is 24.2 Å². The first-order valence-electron chi connectivity index (χ1n) is 8.18. The van der Waals surface area contributed by atoms with E-state index in [1.54, 1.807) is 12.1 Å². The highest BCUT2D eigenvalue weighted by Crippen LogP contribution is 2.45. The summed E-state index contributed by atoms with van der Waals surface area (Å²) in [6, 6.07) is 5.03. The van der Waals surface area contributed by atoms with Gasteiger partial charge < -0.3 is 10.6 Å². The van der Waals surface area contributed by atoms with E-state index in [0.717, 1.165) is 14.4 Å². The Morgan fingerprint density at radius 2 is 2.07 bits per heavy atom. The molecule has 2 N–H and O–H groups in total. The Kier molecular flexibility index (Phi) is 4.68. The summed E-state index contributed by atoms with van der Waals surface area (Å²) in [5, 5.41) is 13.4. The van der Waals surface area contributed by atoms with Crippen LogP contribution < -0.4 is 10.6 Å². The molecule has 0 aromatic carbocycles. The van der Waals surface area contributed by atoms with Crippen molar-refractivity contribution < 1.29 is 18.0 Å². The summed E-state index contributed by atoms with van der Waals surface area (Å²) < 4.78 is 41.7. The molecule has 0 saturated carbocycles. The number of hydrogen-bond donors (Lipinski definition) is 2. The van der Waals surface area contributed by atoms with Crippen LogP contribution in [0.25, 0.3) is 0 Å². The summed E-state index contributed by atoms with van der Waals surface area (Å²) in [4.78, 5) is 14.3. The van der Waals surface area contributed by atoms with Gasteiger partial charge >= 0.3 is 6.18 Å². The number of halogens is 3. The van der Waals surface area contributed by atoms with E-state index in [-0.39, 0.29) is 17.8 Å². The molecule has 0 bridgehead atoms. The van der Waals surface area contributed by atoms with Crippen LogP contribution in [0.15, 0.2) is 41.2 Å². The van der Waals surface area contributed by atoms with Crippen LogP contribution in [-0.4, -0.2) is 21.9 Å². The maximum absolute atomic E-state index is 13.6. The van der Waals surface area contributed by atoms with Crippen molar-refractivity contribution in [3.05, 3.63) is 56.5 Å². The molecule has 2 atom stereocenters. The molecule has 4 rings (SSSR count). The van der Waals surface area contributed by atoms with E-state index in [1.807, 2.05) is 22.9 Å². The first-order chi connectivity index (χ1) is 12.9. The van der Waals surface area contributed by atoms with Gasteiger partial charge in [-0.3, -0.25) is 4.79 Å². The minimum absolute atomic E-state index is 0.102. The van der Waals surface area contributed by atoms with E-state index in [9.17, 15) is 18.0 Å². The summed E-state index contributed by atoms with van der Waals surface area (Å²) in [7, 11) is 0. The molecule has 0 spiro atoms. The molecular weight excluding hydrogens is 397 g/mol. The third kappa shape index (κ3) is 3.59. The van der Waals surface area contributed by atoms with Gasteiger partial charge in [-0.1, -0.05) is 12.1 Å². The number of hydrogen-bond acceptors (Lipinski definition) is 5. The van der Waals surface area contributed by atoms with Gasteiger partial charge in [-0.15, -0.1) is 22.7 Å². The molecule has 3 aromatic rings. The largest absolute Gasteiger partial charge is 0.410 e. The van der Waals surface area contributed by atoms with Gasteiger partial charge in [0.1, 0.15) is 11.4 Å². The van der Waals surface area contributed by atoms with Crippen molar-refractivity contribution in [3.63, 3.8) is 0 Å². The third-order valence-corrected chi connectivity index (χ3v) is 6.24. The lowest BCUT2D eigenvalue weighted by molar-refractivity contribution is -0.173. The van der Waals surface area contributed by atoms with Gasteiger partial charge in [0.15, 0.2) is 6.04 Å².